The van der Waals surface area contributed by atoms with Gasteiger partial charge in [-0.1, -0.05) is 0 Å². The molecule has 4 saturated carbocycles. The molecule has 0 radical (unpaired) electrons. The number of nitrogens with one attached hydrogen (secondary N) is 1. The quantitative estimate of drug-likeness (QED) is 0.772. The van der Waals surface area contributed by atoms with E-state index in [4.69, 9.17) is 9.84 Å². The average Bonchev–Trinajstić information content (AvgIpc) is 2.34. The predicted octanol–water partition coefficient (Wildman–Crippen LogP) is 1.42. The number of carbonyl (C=O) groups is 2. The maximum Gasteiger partial charge on any atom is 0.329 e. The highest BCUT2D eigenvalue weighted by Gasteiger charge is 2.50. The van der Waals surface area contributed by atoms with Crippen molar-refractivity contribution in [2.75, 3.05) is 19.8 Å². The smallest absolute Gasteiger partial charge is 0.329 e. The molecule has 1 amide bonds. The highest BCUT2D eigenvalue weighted by Crippen LogP contribution is 2.59. The Hall–Kier alpha value is -1.10. The summed E-state index contributed by atoms with van der Waals surface area (Å²) in [5, 5.41) is 11.4. The van der Waals surface area contributed by atoms with Gasteiger partial charge in [0.1, 0.15) is 13.2 Å². The largest absolute Gasteiger partial charge is 0.480 e. The van der Waals surface area contributed by atoms with Crippen LogP contribution in [0.3, 0.4) is 0 Å². The van der Waals surface area contributed by atoms with Crippen LogP contribution in [-0.2, 0) is 14.3 Å². The molecule has 4 bridgehead atoms. The summed E-state index contributed by atoms with van der Waals surface area (Å²) in [6.07, 6.45) is 7.97. The summed E-state index contributed by atoms with van der Waals surface area (Å²) in [5.41, 5.74) is 0.317. The molecule has 0 unspecified atom stereocenters. The second-order valence-electron chi connectivity index (χ2n) is 7.08. The van der Waals surface area contributed by atoms with Crippen molar-refractivity contribution in [3.8, 4) is 0 Å². The molecule has 20 heavy (non-hydrogen) atoms. The molecule has 2 N–H and O–H groups in total. The fourth-order valence-corrected chi connectivity index (χ4v) is 5.07. The van der Waals surface area contributed by atoms with Crippen LogP contribution in [0.15, 0.2) is 0 Å². The number of carbonyl (C=O) groups excluding carboxylic acids is 1. The van der Waals surface area contributed by atoms with Crippen LogP contribution >= 0.6 is 0 Å². The lowest BCUT2D eigenvalue weighted by atomic mass is 9.49. The summed E-state index contributed by atoms with van der Waals surface area (Å²) in [4.78, 5) is 22.0. The number of hydrogen-bond donors (Lipinski definition) is 2. The third-order valence-electron chi connectivity index (χ3n) is 5.28. The van der Waals surface area contributed by atoms with Crippen LogP contribution in [0, 0.1) is 23.2 Å². The summed E-state index contributed by atoms with van der Waals surface area (Å²) in [6.45, 7) is 0.176. The second kappa shape index (κ2) is 5.35. The van der Waals surface area contributed by atoms with Crippen LogP contribution in [0.25, 0.3) is 0 Å². The van der Waals surface area contributed by atoms with Crippen molar-refractivity contribution in [2.24, 2.45) is 23.2 Å². The highest BCUT2D eigenvalue weighted by atomic mass is 16.5. The minimum absolute atomic E-state index is 0.154. The molecule has 5 heteroatoms. The summed E-state index contributed by atoms with van der Waals surface area (Å²) in [7, 11) is 0. The Morgan fingerprint density at radius 2 is 1.60 bits per heavy atom. The van der Waals surface area contributed by atoms with Gasteiger partial charge in [0.25, 0.3) is 0 Å². The number of amides is 1. The molecule has 4 aliphatic carbocycles. The van der Waals surface area contributed by atoms with Crippen molar-refractivity contribution < 1.29 is 19.4 Å². The molecule has 0 aromatic rings. The van der Waals surface area contributed by atoms with E-state index in [2.05, 4.69) is 5.32 Å². The molecule has 0 spiro atoms. The molecular formula is C15H23NO4. The van der Waals surface area contributed by atoms with Gasteiger partial charge >= 0.3 is 5.97 Å². The molecule has 0 aliphatic heterocycles. The van der Waals surface area contributed by atoms with Crippen LogP contribution in [0.5, 0.6) is 0 Å². The van der Waals surface area contributed by atoms with Crippen molar-refractivity contribution in [1.82, 2.24) is 5.32 Å². The third-order valence-corrected chi connectivity index (χ3v) is 5.28. The number of hydrogen-bond acceptors (Lipinski definition) is 3. The number of carboxylic acid groups (broad SMARTS) is 1. The van der Waals surface area contributed by atoms with Crippen LogP contribution in [0.4, 0.5) is 0 Å². The van der Waals surface area contributed by atoms with Gasteiger partial charge in [0, 0.05) is 6.54 Å². The fraction of sp³-hybridized carbons (Fsp3) is 0.867. The molecule has 4 rings (SSSR count). The maximum atomic E-state index is 11.7. The number of ether oxygens (including phenoxy) is 1. The Morgan fingerprint density at radius 1 is 1.05 bits per heavy atom. The van der Waals surface area contributed by atoms with Gasteiger partial charge in [-0.15, -0.1) is 0 Å². The molecule has 5 nitrogen and oxygen atoms in total. The van der Waals surface area contributed by atoms with Crippen molar-refractivity contribution in [3.05, 3.63) is 0 Å². The van der Waals surface area contributed by atoms with Gasteiger partial charge in [-0.3, -0.25) is 4.79 Å². The van der Waals surface area contributed by atoms with Gasteiger partial charge in [-0.25, -0.2) is 4.79 Å². The van der Waals surface area contributed by atoms with Gasteiger partial charge in [0.15, 0.2) is 0 Å². The lowest BCUT2D eigenvalue weighted by Crippen LogP contribution is -2.51. The molecule has 112 valence electrons. The van der Waals surface area contributed by atoms with E-state index in [9.17, 15) is 9.59 Å². The maximum absolute atomic E-state index is 11.7. The summed E-state index contributed by atoms with van der Waals surface area (Å²) in [6, 6.07) is 0. The standard InChI is InChI=1S/C15H23NO4/c17-13(7-20-8-14(18)19)16-9-15-4-10-1-11(5-15)3-12(2-10)6-15/h10-12H,1-9H2,(H,16,17)(H,18,19). The van der Waals surface area contributed by atoms with Crippen molar-refractivity contribution in [1.29, 1.82) is 0 Å². The molecule has 0 atom stereocenters. The predicted molar refractivity (Wildman–Crippen MR) is 72.1 cm³/mol. The minimum atomic E-state index is -1.04. The van der Waals surface area contributed by atoms with E-state index >= 15 is 0 Å². The topological polar surface area (TPSA) is 75.6 Å². The zero-order chi connectivity index (χ0) is 14.2. The van der Waals surface area contributed by atoms with Crippen molar-refractivity contribution in [2.45, 2.75) is 38.5 Å². The normalized spacial score (nSPS) is 37.9. The first-order valence-corrected chi connectivity index (χ1v) is 7.61. The van der Waals surface area contributed by atoms with Crippen molar-refractivity contribution >= 4 is 11.9 Å². The van der Waals surface area contributed by atoms with E-state index in [1.54, 1.807) is 0 Å². The zero-order valence-corrected chi connectivity index (χ0v) is 11.8. The lowest BCUT2D eigenvalue weighted by Gasteiger charge is -2.56. The zero-order valence-electron chi connectivity index (χ0n) is 11.8. The third kappa shape index (κ3) is 2.97. The highest BCUT2D eigenvalue weighted by molar-refractivity contribution is 5.77. The molecule has 0 saturated heterocycles. The first-order chi connectivity index (χ1) is 9.55. The monoisotopic (exact) mass is 281 g/mol. The summed E-state index contributed by atoms with van der Waals surface area (Å²) >= 11 is 0. The lowest BCUT2D eigenvalue weighted by molar-refractivity contribution is -0.143. The van der Waals surface area contributed by atoms with Gasteiger partial charge in [0.2, 0.25) is 5.91 Å². The van der Waals surface area contributed by atoms with Crippen LogP contribution in [-0.4, -0.2) is 36.7 Å². The summed E-state index contributed by atoms with van der Waals surface area (Å²) in [5.74, 6) is 1.39. The van der Waals surface area contributed by atoms with Crippen LogP contribution in [0.2, 0.25) is 0 Å². The SMILES string of the molecule is O=C(O)COCC(=O)NCC12CC3CC(CC(C3)C1)C2. The number of carboxylic acids is 1. The number of rotatable bonds is 6. The first-order valence-electron chi connectivity index (χ1n) is 7.61. The van der Waals surface area contributed by atoms with E-state index in [1.165, 1.54) is 38.5 Å². The van der Waals surface area contributed by atoms with Crippen LogP contribution < -0.4 is 5.32 Å². The first kappa shape index (κ1) is 13.9. The van der Waals surface area contributed by atoms with E-state index in [0.29, 0.717) is 5.41 Å². The molecular weight excluding hydrogens is 258 g/mol. The summed E-state index contributed by atoms with van der Waals surface area (Å²) < 4.78 is 4.82. The van der Waals surface area contributed by atoms with Gasteiger partial charge in [0.05, 0.1) is 0 Å². The van der Waals surface area contributed by atoms with E-state index < -0.39 is 12.6 Å². The number of aliphatic carboxylic acids is 1. The van der Waals surface area contributed by atoms with Crippen LogP contribution in [0.1, 0.15) is 38.5 Å². The van der Waals surface area contributed by atoms with E-state index in [1.807, 2.05) is 0 Å². The Labute approximate surface area is 119 Å². The Bertz CT molecular complexity index is 371. The van der Waals surface area contributed by atoms with E-state index in [-0.39, 0.29) is 12.5 Å². The fourth-order valence-electron chi connectivity index (χ4n) is 5.07. The Balaban J connectivity index is 1.46. The molecule has 0 aromatic heterocycles. The van der Waals surface area contributed by atoms with Gasteiger partial charge < -0.3 is 15.2 Å². The average molecular weight is 281 g/mol. The van der Waals surface area contributed by atoms with E-state index in [0.717, 1.165) is 24.3 Å². The Morgan fingerprint density at radius 3 is 2.10 bits per heavy atom. The molecule has 4 fully saturated rings. The van der Waals surface area contributed by atoms with Gasteiger partial charge in [-0.05, 0) is 61.7 Å². The molecule has 0 aromatic carbocycles. The van der Waals surface area contributed by atoms with Crippen molar-refractivity contribution in [3.63, 3.8) is 0 Å². The second-order valence-corrected chi connectivity index (χ2v) is 7.08. The molecule has 0 heterocycles. The Kier molecular flexibility index (Phi) is 3.71. The minimum Gasteiger partial charge on any atom is -0.480 e. The molecule has 4 aliphatic rings. The van der Waals surface area contributed by atoms with Gasteiger partial charge in [-0.2, -0.15) is 0 Å².